The lowest BCUT2D eigenvalue weighted by Crippen LogP contribution is -2.15. The fourth-order valence-corrected chi connectivity index (χ4v) is 3.13. The monoisotopic (exact) mass is 379 g/mol. The number of methoxy groups -OCH3 is 1. The molecule has 0 bridgehead atoms. The van der Waals surface area contributed by atoms with Gasteiger partial charge in [-0.15, -0.1) is 0 Å². The zero-order valence-corrected chi connectivity index (χ0v) is 15.3. The molecule has 3 aromatic rings. The summed E-state index contributed by atoms with van der Waals surface area (Å²) in [5, 5.41) is 3.63. The topological polar surface area (TPSA) is 94.3 Å². The second-order valence-electron chi connectivity index (χ2n) is 5.53. The van der Waals surface area contributed by atoms with Gasteiger partial charge < -0.3 is 15.8 Å². The van der Waals surface area contributed by atoms with Gasteiger partial charge in [0.15, 0.2) is 0 Å². The molecule has 0 saturated carbocycles. The van der Waals surface area contributed by atoms with Gasteiger partial charge in [0.1, 0.15) is 10.8 Å². The van der Waals surface area contributed by atoms with Crippen molar-refractivity contribution >= 4 is 29.3 Å². The van der Waals surface area contributed by atoms with E-state index >= 15 is 0 Å². The molecule has 136 valence electrons. The molecule has 0 aliphatic carbocycles. The van der Waals surface area contributed by atoms with Crippen molar-refractivity contribution in [1.29, 1.82) is 0 Å². The largest absolute Gasteiger partial charge is 0.495 e. The summed E-state index contributed by atoms with van der Waals surface area (Å²) in [6, 6.07) is 17.5. The first-order valence-corrected chi connectivity index (χ1v) is 8.86. The average Bonchev–Trinajstić information content (AvgIpc) is 2.69. The number of pyridine rings is 1. The number of nitrogens with one attached hydrogen (secondary N) is 1. The van der Waals surface area contributed by atoms with E-state index in [1.165, 1.54) is 24.9 Å². The first kappa shape index (κ1) is 18.5. The van der Waals surface area contributed by atoms with Crippen molar-refractivity contribution in [1.82, 2.24) is 4.98 Å². The Morgan fingerprint density at radius 1 is 1.04 bits per heavy atom. The fraction of sp³-hybridized carbons (Fsp3) is 0.0500. The highest BCUT2D eigenvalue weighted by atomic mass is 32.2. The minimum absolute atomic E-state index is 0.285. The Hall–Kier alpha value is -3.32. The number of benzene rings is 2. The average molecular weight is 379 g/mol. The minimum atomic E-state index is -0.580. The van der Waals surface area contributed by atoms with E-state index in [0.717, 1.165) is 9.92 Å². The van der Waals surface area contributed by atoms with Crippen molar-refractivity contribution < 1.29 is 14.3 Å². The van der Waals surface area contributed by atoms with Crippen molar-refractivity contribution in [3.63, 3.8) is 0 Å². The molecule has 0 atom stereocenters. The Bertz CT molecular complexity index is 960. The van der Waals surface area contributed by atoms with Gasteiger partial charge in [-0.2, -0.15) is 0 Å². The molecule has 0 unspecified atom stereocenters. The molecular weight excluding hydrogens is 362 g/mol. The van der Waals surface area contributed by atoms with E-state index in [2.05, 4.69) is 10.3 Å². The third kappa shape index (κ3) is 4.65. The van der Waals surface area contributed by atoms with Gasteiger partial charge in [0.25, 0.3) is 5.91 Å². The van der Waals surface area contributed by atoms with Crippen LogP contribution >= 0.6 is 11.8 Å². The summed E-state index contributed by atoms with van der Waals surface area (Å²) in [5.41, 5.74) is 6.44. The van der Waals surface area contributed by atoms with Crippen LogP contribution in [-0.2, 0) is 0 Å². The SMILES string of the molecule is COc1ccc(C(N)=O)cc1NC(=O)c1ccc(Sc2ccccn2)cc1. The molecule has 27 heavy (non-hydrogen) atoms. The van der Waals surface area contributed by atoms with Crippen LogP contribution in [0.25, 0.3) is 0 Å². The van der Waals surface area contributed by atoms with Crippen LogP contribution in [0.2, 0.25) is 0 Å². The standard InChI is InChI=1S/C20H17N3O3S/c1-26-17-10-7-14(19(21)24)12-16(17)23-20(25)13-5-8-15(9-6-13)27-18-4-2-3-11-22-18/h2-12H,1H3,(H2,21,24)(H,23,25). The molecule has 1 aromatic heterocycles. The van der Waals surface area contributed by atoms with Gasteiger partial charge in [-0.05, 0) is 54.6 Å². The van der Waals surface area contributed by atoms with E-state index in [9.17, 15) is 9.59 Å². The van der Waals surface area contributed by atoms with Crippen LogP contribution in [0.5, 0.6) is 5.75 Å². The van der Waals surface area contributed by atoms with Gasteiger partial charge in [-0.1, -0.05) is 17.8 Å². The third-order valence-electron chi connectivity index (χ3n) is 3.71. The van der Waals surface area contributed by atoms with E-state index in [1.807, 2.05) is 30.3 Å². The van der Waals surface area contributed by atoms with E-state index in [0.29, 0.717) is 17.0 Å². The Morgan fingerprint density at radius 2 is 1.78 bits per heavy atom. The number of carbonyl (C=O) groups is 2. The molecule has 0 spiro atoms. The second-order valence-corrected chi connectivity index (χ2v) is 6.62. The first-order chi connectivity index (χ1) is 13.1. The maximum absolute atomic E-state index is 12.5. The quantitative estimate of drug-likeness (QED) is 0.682. The molecule has 0 fully saturated rings. The number of ether oxygens (including phenoxy) is 1. The Labute approximate surface area is 160 Å². The van der Waals surface area contributed by atoms with Crippen LogP contribution in [-0.4, -0.2) is 23.9 Å². The minimum Gasteiger partial charge on any atom is -0.495 e. The Kier molecular flexibility index (Phi) is 5.73. The van der Waals surface area contributed by atoms with Crippen molar-refractivity contribution in [2.45, 2.75) is 9.92 Å². The summed E-state index contributed by atoms with van der Waals surface area (Å²) in [7, 11) is 1.48. The first-order valence-electron chi connectivity index (χ1n) is 8.05. The van der Waals surface area contributed by atoms with Crippen LogP contribution in [0.1, 0.15) is 20.7 Å². The highest BCUT2D eigenvalue weighted by molar-refractivity contribution is 7.99. The smallest absolute Gasteiger partial charge is 0.255 e. The molecular formula is C20H17N3O3S. The summed E-state index contributed by atoms with van der Waals surface area (Å²) in [6.07, 6.45) is 1.73. The highest BCUT2D eigenvalue weighted by Gasteiger charge is 2.12. The number of primary amides is 1. The van der Waals surface area contributed by atoms with Gasteiger partial charge in [0.05, 0.1) is 12.8 Å². The summed E-state index contributed by atoms with van der Waals surface area (Å²) in [4.78, 5) is 29.1. The predicted molar refractivity (Wildman–Crippen MR) is 104 cm³/mol. The highest BCUT2D eigenvalue weighted by Crippen LogP contribution is 2.28. The van der Waals surface area contributed by atoms with Gasteiger partial charge in [-0.3, -0.25) is 9.59 Å². The third-order valence-corrected chi connectivity index (χ3v) is 4.67. The Morgan fingerprint density at radius 3 is 2.41 bits per heavy atom. The fourth-order valence-electron chi connectivity index (χ4n) is 2.36. The van der Waals surface area contributed by atoms with Gasteiger partial charge in [0.2, 0.25) is 5.91 Å². The summed E-state index contributed by atoms with van der Waals surface area (Å²) in [5.74, 6) is -0.455. The number of amides is 2. The number of anilines is 1. The predicted octanol–water partition coefficient (Wildman–Crippen LogP) is 3.59. The maximum atomic E-state index is 12.5. The zero-order chi connectivity index (χ0) is 19.2. The lowest BCUT2D eigenvalue weighted by molar-refractivity contribution is 0.0996. The van der Waals surface area contributed by atoms with Gasteiger partial charge in [0, 0.05) is 22.2 Å². The summed E-state index contributed by atoms with van der Waals surface area (Å²) >= 11 is 1.51. The molecule has 2 amide bonds. The number of aromatic nitrogens is 1. The summed E-state index contributed by atoms with van der Waals surface area (Å²) < 4.78 is 5.23. The molecule has 7 heteroatoms. The van der Waals surface area contributed by atoms with Crippen LogP contribution in [0.3, 0.4) is 0 Å². The summed E-state index contributed by atoms with van der Waals surface area (Å²) in [6.45, 7) is 0. The van der Waals surface area contributed by atoms with Crippen molar-refractivity contribution in [3.05, 3.63) is 78.0 Å². The molecule has 0 aliphatic heterocycles. The number of rotatable bonds is 6. The zero-order valence-electron chi connectivity index (χ0n) is 14.5. The van der Waals surface area contributed by atoms with Crippen molar-refractivity contribution in [2.24, 2.45) is 5.73 Å². The maximum Gasteiger partial charge on any atom is 0.255 e. The van der Waals surface area contributed by atoms with Crippen molar-refractivity contribution in [2.75, 3.05) is 12.4 Å². The molecule has 0 radical (unpaired) electrons. The van der Waals surface area contributed by atoms with Crippen LogP contribution in [0, 0.1) is 0 Å². The molecule has 0 aliphatic rings. The van der Waals surface area contributed by atoms with E-state index in [-0.39, 0.29) is 11.5 Å². The lowest BCUT2D eigenvalue weighted by atomic mass is 10.1. The Balaban J connectivity index is 1.75. The molecule has 3 rings (SSSR count). The van der Waals surface area contributed by atoms with E-state index in [1.54, 1.807) is 30.5 Å². The molecule has 0 saturated heterocycles. The van der Waals surface area contributed by atoms with Crippen molar-refractivity contribution in [3.8, 4) is 5.75 Å². The lowest BCUT2D eigenvalue weighted by Gasteiger charge is -2.11. The number of nitrogens with two attached hydrogens (primary N) is 1. The molecule has 3 N–H and O–H groups in total. The number of nitrogens with zero attached hydrogens (tertiary/aromatic N) is 1. The number of hydrogen-bond donors (Lipinski definition) is 2. The second kappa shape index (κ2) is 8.37. The van der Waals surface area contributed by atoms with Crippen LogP contribution in [0.4, 0.5) is 5.69 Å². The van der Waals surface area contributed by atoms with E-state index in [4.69, 9.17) is 10.5 Å². The number of carbonyl (C=O) groups excluding carboxylic acids is 2. The van der Waals surface area contributed by atoms with Crippen LogP contribution in [0.15, 0.2) is 76.8 Å². The normalized spacial score (nSPS) is 10.3. The molecule has 2 aromatic carbocycles. The number of hydrogen-bond acceptors (Lipinski definition) is 5. The molecule has 1 heterocycles. The van der Waals surface area contributed by atoms with E-state index < -0.39 is 5.91 Å². The van der Waals surface area contributed by atoms with Gasteiger partial charge >= 0.3 is 0 Å². The molecule has 6 nitrogen and oxygen atoms in total. The van der Waals surface area contributed by atoms with Gasteiger partial charge in [-0.25, -0.2) is 4.98 Å². The van der Waals surface area contributed by atoms with Crippen LogP contribution < -0.4 is 15.8 Å².